The SMILES string of the molecule is COc1cc(CNCC(C)(O)c2cccs2)ccc1OC(F)F. The van der Waals surface area contributed by atoms with Crippen LogP contribution in [0, 0.1) is 0 Å². The van der Waals surface area contributed by atoms with Crippen molar-refractivity contribution >= 4 is 11.3 Å². The first kappa shape index (κ1) is 17.7. The van der Waals surface area contributed by atoms with E-state index in [9.17, 15) is 13.9 Å². The van der Waals surface area contributed by atoms with Gasteiger partial charge < -0.3 is 19.9 Å². The maximum atomic E-state index is 12.3. The van der Waals surface area contributed by atoms with Gasteiger partial charge in [-0.25, -0.2) is 0 Å². The molecule has 0 amide bonds. The van der Waals surface area contributed by atoms with Gasteiger partial charge in [-0.1, -0.05) is 12.1 Å². The molecule has 7 heteroatoms. The number of alkyl halides is 2. The van der Waals surface area contributed by atoms with Crippen molar-refractivity contribution in [2.75, 3.05) is 13.7 Å². The van der Waals surface area contributed by atoms with Gasteiger partial charge in [-0.05, 0) is 36.1 Å². The summed E-state index contributed by atoms with van der Waals surface area (Å²) in [5, 5.41) is 15.5. The van der Waals surface area contributed by atoms with E-state index >= 15 is 0 Å². The van der Waals surface area contributed by atoms with Gasteiger partial charge in [0.1, 0.15) is 5.60 Å². The van der Waals surface area contributed by atoms with E-state index in [1.165, 1.54) is 24.5 Å². The van der Waals surface area contributed by atoms with Crippen LogP contribution < -0.4 is 14.8 Å². The lowest BCUT2D eigenvalue weighted by Gasteiger charge is -2.22. The van der Waals surface area contributed by atoms with Crippen LogP contribution in [0.4, 0.5) is 8.78 Å². The van der Waals surface area contributed by atoms with Crippen LogP contribution in [0.1, 0.15) is 17.4 Å². The quantitative estimate of drug-likeness (QED) is 0.772. The Morgan fingerprint density at radius 1 is 1.30 bits per heavy atom. The largest absolute Gasteiger partial charge is 0.493 e. The first-order valence-corrected chi connectivity index (χ1v) is 7.89. The van der Waals surface area contributed by atoms with Crippen molar-refractivity contribution in [3.8, 4) is 11.5 Å². The Hall–Kier alpha value is -1.70. The zero-order valence-corrected chi connectivity index (χ0v) is 13.7. The Morgan fingerprint density at radius 2 is 2.09 bits per heavy atom. The summed E-state index contributed by atoms with van der Waals surface area (Å²) < 4.78 is 34.0. The maximum absolute atomic E-state index is 12.3. The van der Waals surface area contributed by atoms with Crippen molar-refractivity contribution < 1.29 is 23.4 Å². The number of benzene rings is 1. The van der Waals surface area contributed by atoms with Gasteiger partial charge in [0.05, 0.1) is 7.11 Å². The fourth-order valence-corrected chi connectivity index (χ4v) is 2.92. The topological polar surface area (TPSA) is 50.7 Å². The summed E-state index contributed by atoms with van der Waals surface area (Å²) in [5.41, 5.74) is -0.123. The maximum Gasteiger partial charge on any atom is 0.387 e. The molecule has 23 heavy (non-hydrogen) atoms. The fraction of sp³-hybridized carbons (Fsp3) is 0.375. The molecular weight excluding hydrogens is 324 g/mol. The number of aliphatic hydroxyl groups is 1. The molecule has 0 saturated carbocycles. The van der Waals surface area contributed by atoms with E-state index in [2.05, 4.69) is 10.1 Å². The lowest BCUT2D eigenvalue weighted by molar-refractivity contribution is -0.0512. The molecule has 0 bridgehead atoms. The number of halogens is 2. The molecule has 0 fully saturated rings. The minimum Gasteiger partial charge on any atom is -0.493 e. The average molecular weight is 343 g/mol. The van der Waals surface area contributed by atoms with E-state index in [0.717, 1.165) is 10.4 Å². The smallest absolute Gasteiger partial charge is 0.387 e. The second kappa shape index (κ2) is 7.72. The van der Waals surface area contributed by atoms with E-state index in [1.54, 1.807) is 19.1 Å². The lowest BCUT2D eigenvalue weighted by atomic mass is 10.1. The molecule has 2 aromatic rings. The van der Waals surface area contributed by atoms with Gasteiger partial charge in [-0.15, -0.1) is 11.3 Å². The summed E-state index contributed by atoms with van der Waals surface area (Å²) in [4.78, 5) is 0.878. The number of thiophene rings is 1. The number of nitrogens with one attached hydrogen (secondary N) is 1. The zero-order valence-electron chi connectivity index (χ0n) is 12.9. The molecular formula is C16H19F2NO3S. The molecule has 0 aliphatic rings. The summed E-state index contributed by atoms with van der Waals surface area (Å²) in [6.07, 6.45) is 0. The summed E-state index contributed by atoms with van der Waals surface area (Å²) in [6, 6.07) is 8.52. The molecule has 2 N–H and O–H groups in total. The summed E-state index contributed by atoms with van der Waals surface area (Å²) >= 11 is 1.49. The highest BCUT2D eigenvalue weighted by Crippen LogP contribution is 2.29. The Morgan fingerprint density at radius 3 is 2.70 bits per heavy atom. The lowest BCUT2D eigenvalue weighted by Crippen LogP contribution is -2.34. The number of hydrogen-bond acceptors (Lipinski definition) is 5. The van der Waals surface area contributed by atoms with Crippen LogP contribution in [0.15, 0.2) is 35.7 Å². The third-order valence-electron chi connectivity index (χ3n) is 3.29. The Labute approximate surface area is 137 Å². The molecule has 0 radical (unpaired) electrons. The van der Waals surface area contributed by atoms with Crippen LogP contribution in [-0.2, 0) is 12.1 Å². The van der Waals surface area contributed by atoms with E-state index in [4.69, 9.17) is 4.74 Å². The molecule has 1 aromatic heterocycles. The van der Waals surface area contributed by atoms with Crippen LogP contribution in [-0.4, -0.2) is 25.4 Å². The standard InChI is InChI=1S/C16H19F2NO3S/c1-16(20,14-4-3-7-23-14)10-19-9-11-5-6-12(22-15(17)18)13(8-11)21-2/h3-8,15,19-20H,9-10H2,1-2H3. The first-order valence-electron chi connectivity index (χ1n) is 7.01. The zero-order chi connectivity index (χ0) is 16.9. The van der Waals surface area contributed by atoms with Crippen molar-refractivity contribution in [2.24, 2.45) is 0 Å². The van der Waals surface area contributed by atoms with Gasteiger partial charge in [-0.2, -0.15) is 8.78 Å². The number of rotatable bonds is 8. The minimum absolute atomic E-state index is 0.00293. The molecule has 126 valence electrons. The third kappa shape index (κ3) is 4.89. The van der Waals surface area contributed by atoms with Gasteiger partial charge in [0.15, 0.2) is 11.5 Å². The highest BCUT2D eigenvalue weighted by Gasteiger charge is 2.23. The highest BCUT2D eigenvalue weighted by molar-refractivity contribution is 7.10. The van der Waals surface area contributed by atoms with Gasteiger partial charge in [-0.3, -0.25) is 0 Å². The Bertz CT molecular complexity index is 618. The summed E-state index contributed by atoms with van der Waals surface area (Å²) in [5.74, 6) is 0.242. The molecule has 0 aliphatic heterocycles. The van der Waals surface area contributed by atoms with E-state index < -0.39 is 12.2 Å². The second-order valence-electron chi connectivity index (χ2n) is 5.22. The molecule has 4 nitrogen and oxygen atoms in total. The van der Waals surface area contributed by atoms with Crippen LogP contribution in [0.25, 0.3) is 0 Å². The van der Waals surface area contributed by atoms with Crippen molar-refractivity contribution in [2.45, 2.75) is 25.7 Å². The van der Waals surface area contributed by atoms with Gasteiger partial charge in [0.2, 0.25) is 0 Å². The molecule has 0 spiro atoms. The second-order valence-corrected chi connectivity index (χ2v) is 6.17. The van der Waals surface area contributed by atoms with Gasteiger partial charge in [0.25, 0.3) is 0 Å². The minimum atomic E-state index is -2.89. The Balaban J connectivity index is 1.95. The van der Waals surface area contributed by atoms with Gasteiger partial charge in [0, 0.05) is 18.0 Å². The summed E-state index contributed by atoms with van der Waals surface area (Å²) in [7, 11) is 1.40. The third-order valence-corrected chi connectivity index (χ3v) is 4.42. The molecule has 0 aliphatic carbocycles. The molecule has 1 aromatic carbocycles. The predicted molar refractivity (Wildman–Crippen MR) is 85.2 cm³/mol. The number of ether oxygens (including phenoxy) is 2. The molecule has 1 unspecified atom stereocenters. The monoisotopic (exact) mass is 343 g/mol. The van der Waals surface area contributed by atoms with Crippen molar-refractivity contribution in [1.82, 2.24) is 5.32 Å². The fourth-order valence-electron chi connectivity index (χ4n) is 2.14. The molecule has 1 atom stereocenters. The van der Waals surface area contributed by atoms with Crippen LogP contribution in [0.3, 0.4) is 0 Å². The summed E-state index contributed by atoms with van der Waals surface area (Å²) in [6.45, 7) is -0.321. The van der Waals surface area contributed by atoms with Crippen LogP contribution >= 0.6 is 11.3 Å². The van der Waals surface area contributed by atoms with Crippen molar-refractivity contribution in [3.05, 3.63) is 46.2 Å². The molecule has 2 rings (SSSR count). The molecule has 0 saturated heterocycles. The van der Waals surface area contributed by atoms with E-state index in [1.807, 2.05) is 17.5 Å². The van der Waals surface area contributed by atoms with E-state index in [-0.39, 0.29) is 11.5 Å². The Kier molecular flexibility index (Phi) is 5.92. The first-order chi connectivity index (χ1) is 10.9. The highest BCUT2D eigenvalue weighted by atomic mass is 32.1. The number of methoxy groups -OCH3 is 1. The van der Waals surface area contributed by atoms with Gasteiger partial charge >= 0.3 is 6.61 Å². The normalized spacial score (nSPS) is 13.8. The van der Waals surface area contributed by atoms with Crippen molar-refractivity contribution in [3.63, 3.8) is 0 Å². The van der Waals surface area contributed by atoms with Crippen LogP contribution in [0.5, 0.6) is 11.5 Å². The average Bonchev–Trinajstić information content (AvgIpc) is 3.03. The molecule has 1 heterocycles. The van der Waals surface area contributed by atoms with Crippen LogP contribution in [0.2, 0.25) is 0 Å². The predicted octanol–water partition coefficient (Wildman–Crippen LogP) is 3.36. The number of hydrogen-bond donors (Lipinski definition) is 2. The van der Waals surface area contributed by atoms with Crippen molar-refractivity contribution in [1.29, 1.82) is 0 Å². The van der Waals surface area contributed by atoms with E-state index in [0.29, 0.717) is 13.1 Å².